The van der Waals surface area contributed by atoms with E-state index in [0.717, 1.165) is 18.9 Å². The molecule has 4 atom stereocenters. The number of benzene rings is 1. The monoisotopic (exact) mass is 581 g/mol. The number of carbonyl (C=O) groups is 3. The number of likely N-dealkylation sites (N-methyl/N-ethyl adjacent to an activating group) is 1. The lowest BCUT2D eigenvalue weighted by molar-refractivity contribution is -0.275. The van der Waals surface area contributed by atoms with Gasteiger partial charge in [-0.25, -0.2) is 0 Å². The van der Waals surface area contributed by atoms with Crippen molar-refractivity contribution in [3.63, 3.8) is 0 Å². The molecule has 41 heavy (non-hydrogen) atoms. The van der Waals surface area contributed by atoms with Crippen molar-refractivity contribution in [3.8, 4) is 11.5 Å². The van der Waals surface area contributed by atoms with Crippen molar-refractivity contribution in [2.45, 2.75) is 57.2 Å². The summed E-state index contributed by atoms with van der Waals surface area (Å²) in [5, 5.41) is 47.4. The van der Waals surface area contributed by atoms with Crippen molar-refractivity contribution in [1.29, 1.82) is 0 Å². The molecule has 222 valence electrons. The Bertz CT molecular complexity index is 1400. The number of aliphatic hydroxyl groups excluding tert-OH is 2. The van der Waals surface area contributed by atoms with Crippen LogP contribution in [-0.2, 0) is 22.6 Å². The van der Waals surface area contributed by atoms with Crippen LogP contribution in [-0.4, -0.2) is 80.4 Å². The fourth-order valence-corrected chi connectivity index (χ4v) is 6.79. The average molecular weight is 582 g/mol. The van der Waals surface area contributed by atoms with Gasteiger partial charge in [0.15, 0.2) is 11.4 Å². The highest BCUT2D eigenvalue weighted by atomic mass is 19.4. The predicted octanol–water partition coefficient (Wildman–Crippen LogP) is 1.66. The first-order chi connectivity index (χ1) is 19.2. The number of nitrogens with two attached hydrogens (primary N) is 1. The molecule has 0 aromatic heterocycles. The minimum absolute atomic E-state index is 0.0299. The van der Waals surface area contributed by atoms with E-state index in [2.05, 4.69) is 10.1 Å². The van der Waals surface area contributed by atoms with Gasteiger partial charge in [-0.1, -0.05) is 6.92 Å². The van der Waals surface area contributed by atoms with E-state index in [4.69, 9.17) is 5.73 Å². The van der Waals surface area contributed by atoms with Crippen molar-refractivity contribution in [1.82, 2.24) is 10.2 Å². The van der Waals surface area contributed by atoms with Gasteiger partial charge >= 0.3 is 6.36 Å². The second kappa shape index (κ2) is 10.0. The van der Waals surface area contributed by atoms with Gasteiger partial charge in [0.25, 0.3) is 5.91 Å². The van der Waals surface area contributed by atoms with E-state index in [0.29, 0.717) is 13.1 Å². The number of hydrogen-bond donors (Lipinski definition) is 6. The van der Waals surface area contributed by atoms with Crippen LogP contribution in [0.25, 0.3) is 0 Å². The second-order valence-electron chi connectivity index (χ2n) is 10.9. The van der Waals surface area contributed by atoms with Gasteiger partial charge in [0.1, 0.15) is 28.6 Å². The van der Waals surface area contributed by atoms with E-state index < -0.39 is 87.0 Å². The van der Waals surface area contributed by atoms with E-state index in [-0.39, 0.29) is 37.1 Å². The number of fused-ring (bicyclic) bond motifs is 3. The first kappa shape index (κ1) is 28.9. The Morgan fingerprint density at radius 1 is 1.22 bits per heavy atom. The zero-order valence-corrected chi connectivity index (χ0v) is 22.0. The summed E-state index contributed by atoms with van der Waals surface area (Å²) in [6, 6.07) is -0.237. The van der Waals surface area contributed by atoms with Crippen LogP contribution in [0, 0.1) is 11.8 Å². The zero-order valence-electron chi connectivity index (χ0n) is 22.0. The minimum Gasteiger partial charge on any atom is -0.510 e. The third-order valence-electron chi connectivity index (χ3n) is 8.46. The topological polar surface area (TPSA) is 183 Å². The van der Waals surface area contributed by atoms with Crippen LogP contribution in [0.1, 0.15) is 47.7 Å². The third-order valence-corrected chi connectivity index (χ3v) is 8.46. The van der Waals surface area contributed by atoms with Gasteiger partial charge in [0.05, 0.1) is 11.6 Å². The molecule has 0 bridgehead atoms. The highest BCUT2D eigenvalue weighted by molar-refractivity contribution is 6.24. The summed E-state index contributed by atoms with van der Waals surface area (Å²) in [5.74, 6) is -9.33. The summed E-state index contributed by atoms with van der Waals surface area (Å²) in [7, 11) is 0. The summed E-state index contributed by atoms with van der Waals surface area (Å²) in [5.41, 5.74) is 0.285. The molecule has 5 rings (SSSR count). The molecule has 1 aliphatic heterocycles. The standard InChI is InChI=1S/C27H30F3N3O8/c1-2-32-19-14-8-11-7-13-17(15(34)9-12(10-33-5-3-4-6-33)22(13)41-27(28,29)30)20(35)16(11)23(37)26(14,40)24(38)18(21(19)36)25(31)39/h9,11,14,19,32,34,36-37,40H,2-8,10H2,1H3,(H2,31,39)/t11-,14-,19-,26-/m0/s1. The molecule has 1 fully saturated rings. The summed E-state index contributed by atoms with van der Waals surface area (Å²) in [6.45, 7) is 3.13. The van der Waals surface area contributed by atoms with Crippen LogP contribution >= 0.6 is 0 Å². The Kier molecular flexibility index (Phi) is 7.07. The zero-order chi connectivity index (χ0) is 30.0. The first-order valence-electron chi connectivity index (χ1n) is 13.3. The van der Waals surface area contributed by atoms with Crippen LogP contribution < -0.4 is 15.8 Å². The number of nitrogens with one attached hydrogen (secondary N) is 1. The number of halogens is 3. The second-order valence-corrected chi connectivity index (χ2v) is 10.9. The molecule has 1 aromatic carbocycles. The minimum atomic E-state index is -5.12. The van der Waals surface area contributed by atoms with Crippen LogP contribution in [0.3, 0.4) is 0 Å². The molecule has 3 aliphatic carbocycles. The molecule has 1 saturated heterocycles. The maximum absolute atomic E-state index is 13.8. The summed E-state index contributed by atoms with van der Waals surface area (Å²) in [6.07, 6.45) is -3.99. The van der Waals surface area contributed by atoms with E-state index >= 15 is 0 Å². The molecule has 7 N–H and O–H groups in total. The number of alkyl halides is 3. The molecule has 14 heteroatoms. The van der Waals surface area contributed by atoms with Gasteiger partial charge in [-0.2, -0.15) is 0 Å². The number of allylic oxidation sites excluding steroid dienone is 1. The smallest absolute Gasteiger partial charge is 0.510 e. The molecular weight excluding hydrogens is 551 g/mol. The van der Waals surface area contributed by atoms with Crippen molar-refractivity contribution >= 4 is 17.5 Å². The number of aromatic hydroxyl groups is 1. The number of primary amides is 1. The van der Waals surface area contributed by atoms with E-state index in [9.17, 15) is 48.0 Å². The predicted molar refractivity (Wildman–Crippen MR) is 135 cm³/mol. The summed E-state index contributed by atoms with van der Waals surface area (Å²) < 4.78 is 45.3. The number of aliphatic hydroxyl groups is 3. The number of rotatable bonds is 6. The molecular formula is C27H30F3N3O8. The SMILES string of the molecule is CCN[C@@H]1C(O)=C(C(N)=O)C(=O)[C@@]2(O)C(O)=C3C(=O)c4c(O)cc(CN5CCCC5)c(OC(F)(F)F)c4C[C@H]3C[C@@H]12. The summed E-state index contributed by atoms with van der Waals surface area (Å²) in [4.78, 5) is 41.0. The lowest BCUT2D eigenvalue weighted by atomic mass is 9.58. The number of phenols is 1. The van der Waals surface area contributed by atoms with Crippen molar-refractivity contribution in [2.75, 3.05) is 19.6 Å². The van der Waals surface area contributed by atoms with Gasteiger partial charge in [-0.05, 0) is 57.3 Å². The van der Waals surface area contributed by atoms with Gasteiger partial charge in [0, 0.05) is 29.2 Å². The Morgan fingerprint density at radius 2 is 1.88 bits per heavy atom. The van der Waals surface area contributed by atoms with Crippen molar-refractivity contribution < 1.29 is 52.7 Å². The number of ether oxygens (including phenoxy) is 1. The number of likely N-dealkylation sites (tertiary alicyclic amines) is 1. The average Bonchev–Trinajstić information content (AvgIpc) is 3.38. The largest absolute Gasteiger partial charge is 0.573 e. The number of phenolic OH excluding ortho intramolecular Hbond substituents is 1. The maximum Gasteiger partial charge on any atom is 0.573 e. The maximum atomic E-state index is 13.8. The molecule has 1 aromatic rings. The highest BCUT2D eigenvalue weighted by Gasteiger charge is 2.63. The molecule has 1 amide bonds. The Labute approximate surface area is 232 Å². The van der Waals surface area contributed by atoms with E-state index in [1.807, 2.05) is 4.90 Å². The number of nitrogens with zero attached hydrogens (tertiary/aromatic N) is 1. The van der Waals surface area contributed by atoms with Gasteiger partial charge in [-0.3, -0.25) is 19.3 Å². The van der Waals surface area contributed by atoms with E-state index in [1.54, 1.807) is 6.92 Å². The van der Waals surface area contributed by atoms with Crippen LogP contribution in [0.4, 0.5) is 13.2 Å². The lowest BCUT2D eigenvalue weighted by Gasteiger charge is -2.48. The molecule has 4 aliphatic rings. The number of amides is 1. The Hall–Kier alpha value is -3.62. The van der Waals surface area contributed by atoms with Gasteiger partial charge in [-0.15, -0.1) is 13.2 Å². The van der Waals surface area contributed by atoms with Gasteiger partial charge < -0.3 is 36.2 Å². The number of carbonyl (C=O) groups excluding carboxylic acids is 3. The lowest BCUT2D eigenvalue weighted by Crippen LogP contribution is -2.64. The molecule has 0 saturated carbocycles. The molecule has 1 heterocycles. The number of ketones is 2. The molecule has 0 unspecified atom stereocenters. The Morgan fingerprint density at radius 3 is 2.46 bits per heavy atom. The fraction of sp³-hybridized carbons (Fsp3) is 0.519. The first-order valence-corrected chi connectivity index (χ1v) is 13.3. The van der Waals surface area contributed by atoms with Crippen LogP contribution in [0.15, 0.2) is 28.7 Å². The number of Topliss-reactive ketones (excluding diaryl/α,β-unsaturated/α-hetero) is 2. The van der Waals surface area contributed by atoms with E-state index in [1.165, 1.54) is 0 Å². The molecule has 0 radical (unpaired) electrons. The van der Waals surface area contributed by atoms with Crippen LogP contribution in [0.5, 0.6) is 11.5 Å². The molecule has 11 nitrogen and oxygen atoms in total. The van der Waals surface area contributed by atoms with Gasteiger partial charge in [0.2, 0.25) is 5.78 Å². The quantitative estimate of drug-likeness (QED) is 0.270. The third kappa shape index (κ3) is 4.53. The van der Waals surface area contributed by atoms with Crippen molar-refractivity contribution in [2.24, 2.45) is 17.6 Å². The summed E-state index contributed by atoms with van der Waals surface area (Å²) >= 11 is 0. The molecule has 0 spiro atoms. The van der Waals surface area contributed by atoms with Crippen molar-refractivity contribution in [3.05, 3.63) is 45.4 Å². The van der Waals surface area contributed by atoms with Crippen LogP contribution in [0.2, 0.25) is 0 Å². The fourth-order valence-electron chi connectivity index (χ4n) is 6.79. The number of hydrogen-bond acceptors (Lipinski definition) is 10. The highest BCUT2D eigenvalue weighted by Crippen LogP contribution is 2.53. The normalized spacial score (nSPS) is 28.5. The Balaban J connectivity index is 1.68.